The molecule has 1 aromatic rings. The molecule has 0 saturated heterocycles. The molecule has 0 radical (unpaired) electrons. The van der Waals surface area contributed by atoms with Gasteiger partial charge in [0, 0.05) is 13.0 Å². The van der Waals surface area contributed by atoms with Gasteiger partial charge < -0.3 is 5.32 Å². The number of nitrogens with one attached hydrogen (secondary N) is 1. The van der Waals surface area contributed by atoms with E-state index in [9.17, 15) is 0 Å². The van der Waals surface area contributed by atoms with Crippen LogP contribution in [0.4, 0.5) is 5.82 Å². The Balaban J connectivity index is 3.01. The van der Waals surface area contributed by atoms with E-state index in [-0.39, 0.29) is 0 Å². The van der Waals surface area contributed by atoms with Gasteiger partial charge in [0.2, 0.25) is 0 Å². The Labute approximate surface area is 98.9 Å². The molecule has 1 heterocycles. The van der Waals surface area contributed by atoms with Crippen molar-refractivity contribution in [1.29, 1.82) is 0 Å². The van der Waals surface area contributed by atoms with E-state index in [1.807, 2.05) is 6.92 Å². The van der Waals surface area contributed by atoms with Gasteiger partial charge in [-0.05, 0) is 42.9 Å². The van der Waals surface area contributed by atoms with E-state index >= 15 is 0 Å². The number of rotatable bonds is 4. The van der Waals surface area contributed by atoms with E-state index in [0.29, 0.717) is 0 Å². The highest BCUT2D eigenvalue weighted by molar-refractivity contribution is 14.1. The Morgan fingerprint density at radius 2 is 2.00 bits per heavy atom. The number of aryl methyl sites for hydroxylation is 2. The van der Waals surface area contributed by atoms with E-state index in [0.717, 1.165) is 40.3 Å². The highest BCUT2D eigenvalue weighted by atomic mass is 127. The number of nitrogens with zero attached hydrogens (tertiary/aromatic N) is 2. The first-order valence-corrected chi connectivity index (χ1v) is 6.03. The zero-order chi connectivity index (χ0) is 10.6. The molecule has 1 aromatic heterocycles. The zero-order valence-corrected chi connectivity index (χ0v) is 11.1. The average Bonchev–Trinajstić information content (AvgIpc) is 2.14. The molecule has 1 rings (SSSR count). The summed E-state index contributed by atoms with van der Waals surface area (Å²) in [6, 6.07) is 0. The van der Waals surface area contributed by atoms with Crippen molar-refractivity contribution >= 4 is 28.4 Å². The van der Waals surface area contributed by atoms with Crippen LogP contribution in [0.3, 0.4) is 0 Å². The third-order valence-electron chi connectivity index (χ3n) is 1.88. The van der Waals surface area contributed by atoms with Crippen molar-refractivity contribution in [2.24, 2.45) is 0 Å². The van der Waals surface area contributed by atoms with Crippen molar-refractivity contribution in [3.8, 4) is 0 Å². The molecule has 0 saturated carbocycles. The molecule has 0 bridgehead atoms. The van der Waals surface area contributed by atoms with Crippen LogP contribution in [0.2, 0.25) is 0 Å². The molecule has 0 unspecified atom stereocenters. The lowest BCUT2D eigenvalue weighted by molar-refractivity contribution is 0.822. The fourth-order valence-corrected chi connectivity index (χ4v) is 1.67. The van der Waals surface area contributed by atoms with Gasteiger partial charge in [0.1, 0.15) is 11.6 Å². The van der Waals surface area contributed by atoms with E-state index in [2.05, 4.69) is 51.7 Å². The molecule has 0 atom stereocenters. The molecule has 0 aliphatic rings. The summed E-state index contributed by atoms with van der Waals surface area (Å²) in [7, 11) is 0. The SMILES string of the molecule is CCCc1nc(C)c(I)c(NCC)n1. The monoisotopic (exact) mass is 305 g/mol. The fourth-order valence-electron chi connectivity index (χ4n) is 1.24. The van der Waals surface area contributed by atoms with Gasteiger partial charge in [0.15, 0.2) is 0 Å². The van der Waals surface area contributed by atoms with Crippen molar-refractivity contribution in [2.45, 2.75) is 33.6 Å². The molecule has 3 nitrogen and oxygen atoms in total. The van der Waals surface area contributed by atoms with Crippen LogP contribution in [0.1, 0.15) is 31.8 Å². The summed E-state index contributed by atoms with van der Waals surface area (Å²) in [5.41, 5.74) is 1.07. The number of hydrogen-bond donors (Lipinski definition) is 1. The summed E-state index contributed by atoms with van der Waals surface area (Å²) >= 11 is 2.29. The van der Waals surface area contributed by atoms with Gasteiger partial charge in [-0.15, -0.1) is 0 Å². The summed E-state index contributed by atoms with van der Waals surface area (Å²) in [4.78, 5) is 8.93. The Bertz CT molecular complexity index is 312. The quantitative estimate of drug-likeness (QED) is 0.869. The maximum absolute atomic E-state index is 4.48. The zero-order valence-electron chi connectivity index (χ0n) is 8.89. The van der Waals surface area contributed by atoms with Crippen LogP contribution in [0.25, 0.3) is 0 Å². The van der Waals surface area contributed by atoms with Gasteiger partial charge in [0.05, 0.1) is 9.26 Å². The van der Waals surface area contributed by atoms with Crippen molar-refractivity contribution < 1.29 is 0 Å². The maximum atomic E-state index is 4.48. The Hall–Kier alpha value is -0.390. The molecule has 0 spiro atoms. The van der Waals surface area contributed by atoms with Crippen LogP contribution < -0.4 is 5.32 Å². The van der Waals surface area contributed by atoms with Crippen molar-refractivity contribution in [3.63, 3.8) is 0 Å². The third-order valence-corrected chi connectivity index (χ3v) is 3.17. The van der Waals surface area contributed by atoms with Gasteiger partial charge >= 0.3 is 0 Å². The van der Waals surface area contributed by atoms with E-state index in [1.54, 1.807) is 0 Å². The predicted molar refractivity (Wildman–Crippen MR) is 67.6 cm³/mol. The first-order chi connectivity index (χ1) is 6.69. The van der Waals surface area contributed by atoms with Gasteiger partial charge in [-0.25, -0.2) is 9.97 Å². The highest BCUT2D eigenvalue weighted by Crippen LogP contribution is 2.18. The van der Waals surface area contributed by atoms with Crippen molar-refractivity contribution in [3.05, 3.63) is 15.1 Å². The molecule has 4 heteroatoms. The van der Waals surface area contributed by atoms with Gasteiger partial charge in [-0.1, -0.05) is 6.92 Å². The van der Waals surface area contributed by atoms with Crippen LogP contribution in [-0.4, -0.2) is 16.5 Å². The third kappa shape index (κ3) is 2.80. The lowest BCUT2D eigenvalue weighted by Crippen LogP contribution is -2.07. The highest BCUT2D eigenvalue weighted by Gasteiger charge is 2.07. The molecule has 0 amide bonds. The summed E-state index contributed by atoms with van der Waals surface area (Å²) in [6.45, 7) is 7.15. The second-order valence-corrected chi connectivity index (χ2v) is 4.25. The molecule has 78 valence electrons. The van der Waals surface area contributed by atoms with E-state index in [1.165, 1.54) is 0 Å². The largest absolute Gasteiger partial charge is 0.369 e. The van der Waals surface area contributed by atoms with E-state index in [4.69, 9.17) is 0 Å². The summed E-state index contributed by atoms with van der Waals surface area (Å²) < 4.78 is 1.13. The normalized spacial score (nSPS) is 10.3. The summed E-state index contributed by atoms with van der Waals surface area (Å²) in [5, 5.41) is 3.26. The predicted octanol–water partition coefficient (Wildman–Crippen LogP) is 2.77. The average molecular weight is 305 g/mol. The molecular weight excluding hydrogens is 289 g/mol. The standard InChI is InChI=1S/C10H16IN3/c1-4-6-8-13-7(3)9(11)10(14-8)12-5-2/h4-6H2,1-3H3,(H,12,13,14). The number of aromatic nitrogens is 2. The number of anilines is 1. The van der Waals surface area contributed by atoms with Gasteiger partial charge in [-0.2, -0.15) is 0 Å². The smallest absolute Gasteiger partial charge is 0.143 e. The molecule has 0 fully saturated rings. The fraction of sp³-hybridized carbons (Fsp3) is 0.600. The maximum Gasteiger partial charge on any atom is 0.143 e. The van der Waals surface area contributed by atoms with Crippen LogP contribution in [-0.2, 0) is 6.42 Å². The first kappa shape index (κ1) is 11.7. The Morgan fingerprint density at radius 3 is 2.57 bits per heavy atom. The number of hydrogen-bond acceptors (Lipinski definition) is 3. The molecule has 0 aromatic carbocycles. The molecular formula is C10H16IN3. The minimum atomic E-state index is 0.901. The van der Waals surface area contributed by atoms with Crippen LogP contribution in [0.5, 0.6) is 0 Å². The number of halogens is 1. The first-order valence-electron chi connectivity index (χ1n) is 4.95. The Kier molecular flexibility index (Phi) is 4.57. The lowest BCUT2D eigenvalue weighted by atomic mass is 10.3. The van der Waals surface area contributed by atoms with Crippen LogP contribution >= 0.6 is 22.6 Å². The topological polar surface area (TPSA) is 37.8 Å². The van der Waals surface area contributed by atoms with E-state index < -0.39 is 0 Å². The minimum Gasteiger partial charge on any atom is -0.369 e. The summed E-state index contributed by atoms with van der Waals surface area (Å²) in [5.74, 6) is 1.92. The Morgan fingerprint density at radius 1 is 1.29 bits per heavy atom. The van der Waals surface area contributed by atoms with Gasteiger partial charge in [-0.3, -0.25) is 0 Å². The van der Waals surface area contributed by atoms with Crippen LogP contribution in [0, 0.1) is 10.5 Å². The van der Waals surface area contributed by atoms with Crippen LogP contribution in [0.15, 0.2) is 0 Å². The lowest BCUT2D eigenvalue weighted by Gasteiger charge is -2.09. The molecule has 1 N–H and O–H groups in total. The minimum absolute atomic E-state index is 0.901. The molecule has 14 heavy (non-hydrogen) atoms. The summed E-state index contributed by atoms with van der Waals surface area (Å²) in [6.07, 6.45) is 2.04. The molecule has 0 aliphatic heterocycles. The van der Waals surface area contributed by atoms with Gasteiger partial charge in [0.25, 0.3) is 0 Å². The van der Waals surface area contributed by atoms with Crippen molar-refractivity contribution in [2.75, 3.05) is 11.9 Å². The molecule has 0 aliphatic carbocycles. The second kappa shape index (κ2) is 5.48. The van der Waals surface area contributed by atoms with Crippen molar-refractivity contribution in [1.82, 2.24) is 9.97 Å². The second-order valence-electron chi connectivity index (χ2n) is 3.17.